The zero-order valence-electron chi connectivity index (χ0n) is 24.2. The first-order valence-electron chi connectivity index (χ1n) is 14.5. The molecule has 0 radical (unpaired) electrons. The molecule has 220 valence electrons. The molecule has 3 heterocycles. The van der Waals surface area contributed by atoms with E-state index in [1.54, 1.807) is 17.9 Å². The number of amidine groups is 1. The number of carbonyl (C=O) groups is 1. The van der Waals surface area contributed by atoms with Crippen LogP contribution in [0.3, 0.4) is 0 Å². The van der Waals surface area contributed by atoms with Gasteiger partial charge in [-0.2, -0.15) is 13.2 Å². The summed E-state index contributed by atoms with van der Waals surface area (Å²) in [5.41, 5.74) is 1.84. The van der Waals surface area contributed by atoms with Crippen LogP contribution in [-0.4, -0.2) is 80.6 Å². The number of nitrogens with one attached hydrogen (secondary N) is 2. The molecule has 0 aliphatic carbocycles. The second-order valence-electron chi connectivity index (χ2n) is 11.2. The summed E-state index contributed by atoms with van der Waals surface area (Å²) in [4.78, 5) is 23.1. The molecule has 7 nitrogen and oxygen atoms in total. The van der Waals surface area contributed by atoms with Crippen LogP contribution in [0.1, 0.15) is 52.0 Å². The molecule has 3 aliphatic rings. The van der Waals surface area contributed by atoms with Crippen LogP contribution in [0, 0.1) is 5.41 Å². The molecule has 0 bridgehead atoms. The maximum Gasteiger partial charge on any atom is 0.419 e. The Labute approximate surface area is 236 Å². The van der Waals surface area contributed by atoms with Gasteiger partial charge in [0.15, 0.2) is 0 Å². The number of carbonyl (C=O) groups excluding carboxylic acids is 1. The molecule has 2 N–H and O–H groups in total. The van der Waals surface area contributed by atoms with E-state index in [-0.39, 0.29) is 11.6 Å². The normalized spacial score (nSPS) is 21.0. The summed E-state index contributed by atoms with van der Waals surface area (Å²) in [6.45, 7) is 10.9. The Morgan fingerprint density at radius 3 is 2.52 bits per heavy atom. The largest absolute Gasteiger partial charge is 0.419 e. The van der Waals surface area contributed by atoms with E-state index in [0.717, 1.165) is 68.6 Å². The van der Waals surface area contributed by atoms with Gasteiger partial charge in [-0.3, -0.25) is 4.79 Å². The highest BCUT2D eigenvalue weighted by molar-refractivity contribution is 5.95. The number of aliphatic imine (C=N–C) groups is 1. The van der Waals surface area contributed by atoms with Gasteiger partial charge in [0.05, 0.1) is 11.0 Å². The topological polar surface area (TPSA) is 63.2 Å². The average molecular weight is 561 g/mol. The summed E-state index contributed by atoms with van der Waals surface area (Å²) >= 11 is 0. The number of unbranched alkanes of at least 4 members (excludes halogenated alkanes) is 1. The summed E-state index contributed by atoms with van der Waals surface area (Å²) in [7, 11) is 2.13. The molecule has 0 unspecified atom stereocenters. The number of hydrogen-bond acceptors (Lipinski definition) is 5. The molecular weight excluding hydrogens is 517 g/mol. The summed E-state index contributed by atoms with van der Waals surface area (Å²) in [5, 5.41) is 6.10. The van der Waals surface area contributed by atoms with Crippen molar-refractivity contribution in [2.24, 2.45) is 10.4 Å². The fourth-order valence-corrected chi connectivity index (χ4v) is 5.71. The van der Waals surface area contributed by atoms with Crippen molar-refractivity contribution in [3.63, 3.8) is 0 Å². The lowest BCUT2D eigenvalue weighted by Crippen LogP contribution is -2.64. The number of benzene rings is 1. The number of likely N-dealkylation sites (tertiary alicyclic amines) is 1. The van der Waals surface area contributed by atoms with E-state index in [4.69, 9.17) is 0 Å². The van der Waals surface area contributed by atoms with Gasteiger partial charge in [0, 0.05) is 69.1 Å². The fraction of sp³-hybridized carbons (Fsp3) is 0.600. The van der Waals surface area contributed by atoms with E-state index in [1.165, 1.54) is 0 Å². The molecule has 0 saturated carbocycles. The molecule has 10 heteroatoms. The third-order valence-corrected chi connectivity index (χ3v) is 8.18. The number of likely N-dealkylation sites (N-methyl/N-ethyl adjacent to an activating group) is 1. The molecule has 1 amide bonds. The molecule has 1 aromatic carbocycles. The van der Waals surface area contributed by atoms with E-state index in [0.29, 0.717) is 38.3 Å². The number of piperidine rings is 1. The van der Waals surface area contributed by atoms with Gasteiger partial charge >= 0.3 is 6.18 Å². The summed E-state index contributed by atoms with van der Waals surface area (Å²) in [6, 6.07) is 6.20. The number of halogens is 3. The Bertz CT molecular complexity index is 1140. The van der Waals surface area contributed by atoms with Crippen molar-refractivity contribution >= 4 is 23.1 Å². The van der Waals surface area contributed by atoms with Crippen LogP contribution >= 0.6 is 0 Å². The van der Waals surface area contributed by atoms with Crippen molar-refractivity contribution in [3.8, 4) is 0 Å². The number of allylic oxidation sites excluding steroid dienone is 2. The highest BCUT2D eigenvalue weighted by Crippen LogP contribution is 2.43. The molecular formula is C30H43F3N6O. The number of rotatable bonds is 8. The quantitative estimate of drug-likeness (QED) is 0.261. The molecule has 3 saturated heterocycles. The molecule has 0 aromatic heterocycles. The predicted octanol–water partition coefficient (Wildman–Crippen LogP) is 5.17. The first kappa shape index (κ1) is 30.0. The van der Waals surface area contributed by atoms with Crippen molar-refractivity contribution in [2.45, 2.75) is 59.1 Å². The van der Waals surface area contributed by atoms with Gasteiger partial charge in [-0.25, -0.2) is 4.99 Å². The van der Waals surface area contributed by atoms with Gasteiger partial charge in [0.25, 0.3) is 0 Å². The zero-order chi connectivity index (χ0) is 28.9. The summed E-state index contributed by atoms with van der Waals surface area (Å²) in [5.74, 6) is 0.330. The lowest BCUT2D eigenvalue weighted by Gasteiger charge is -2.53. The van der Waals surface area contributed by atoms with E-state index >= 15 is 0 Å². The number of aryl methyl sites for hydroxylation is 1. The van der Waals surface area contributed by atoms with Crippen molar-refractivity contribution in [1.82, 2.24) is 15.1 Å². The highest BCUT2D eigenvalue weighted by Gasteiger charge is 2.52. The van der Waals surface area contributed by atoms with Crippen LogP contribution in [0.25, 0.3) is 0 Å². The standard InChI is InChI=1S/C30H43F3N6O/c1-5-7-9-27(39-20-29(21-39)12-8-13-34-28(29)40)25(30(31,32)33)19-35-22(3)36-26-11-10-24(18-23(26)6-2)38-16-14-37(4)15-17-38/h9-11,18-19H,5-8,12-17,20-21H2,1-4H3,(H,34,40)(H,35,36)/b25-19+,27-9-. The molecule has 3 aliphatic heterocycles. The van der Waals surface area contributed by atoms with Crippen molar-refractivity contribution in [2.75, 3.05) is 63.1 Å². The first-order valence-corrected chi connectivity index (χ1v) is 14.5. The predicted molar refractivity (Wildman–Crippen MR) is 156 cm³/mol. The number of alkyl halides is 3. The molecule has 4 rings (SSSR count). The number of amides is 1. The molecule has 0 atom stereocenters. The Morgan fingerprint density at radius 2 is 1.90 bits per heavy atom. The first-order chi connectivity index (χ1) is 19.1. The maximum absolute atomic E-state index is 14.4. The Balaban J connectivity index is 1.53. The minimum Gasteiger partial charge on any atom is -0.369 e. The van der Waals surface area contributed by atoms with Crippen molar-refractivity contribution < 1.29 is 18.0 Å². The van der Waals surface area contributed by atoms with Gasteiger partial charge in [0.2, 0.25) is 5.91 Å². The number of nitrogens with zero attached hydrogens (tertiary/aromatic N) is 4. The van der Waals surface area contributed by atoms with Crippen LogP contribution in [0.15, 0.2) is 46.7 Å². The lowest BCUT2D eigenvalue weighted by atomic mass is 9.72. The van der Waals surface area contributed by atoms with Gasteiger partial charge in [-0.15, -0.1) is 0 Å². The van der Waals surface area contributed by atoms with Gasteiger partial charge in [0.1, 0.15) is 5.84 Å². The maximum atomic E-state index is 14.4. The van der Waals surface area contributed by atoms with Gasteiger partial charge in [-0.1, -0.05) is 26.3 Å². The van der Waals surface area contributed by atoms with Crippen LogP contribution < -0.4 is 15.5 Å². The van der Waals surface area contributed by atoms with Crippen molar-refractivity contribution in [1.29, 1.82) is 0 Å². The second kappa shape index (κ2) is 12.7. The number of hydrogen-bond donors (Lipinski definition) is 2. The third-order valence-electron chi connectivity index (χ3n) is 8.18. The van der Waals surface area contributed by atoms with Gasteiger partial charge in [-0.05, 0) is 63.4 Å². The Morgan fingerprint density at radius 1 is 1.18 bits per heavy atom. The summed E-state index contributed by atoms with van der Waals surface area (Å²) in [6.07, 6.45) is 1.56. The van der Waals surface area contributed by atoms with Crippen molar-refractivity contribution in [3.05, 3.63) is 47.3 Å². The minimum absolute atomic E-state index is 0.0502. The van der Waals surface area contributed by atoms with Crippen LogP contribution in [0.2, 0.25) is 0 Å². The highest BCUT2D eigenvalue weighted by atomic mass is 19.4. The molecule has 1 spiro atoms. The fourth-order valence-electron chi connectivity index (χ4n) is 5.71. The van der Waals surface area contributed by atoms with E-state index < -0.39 is 17.2 Å². The third kappa shape index (κ3) is 6.82. The Hall–Kier alpha value is -3.01. The van der Waals surface area contributed by atoms with Crippen LogP contribution in [-0.2, 0) is 11.2 Å². The molecule has 3 fully saturated rings. The number of piperazine rings is 1. The van der Waals surface area contributed by atoms with Gasteiger partial charge < -0.3 is 25.3 Å². The monoisotopic (exact) mass is 560 g/mol. The van der Waals surface area contributed by atoms with Crippen LogP contribution in [0.5, 0.6) is 0 Å². The Kier molecular flexibility index (Phi) is 9.48. The SMILES string of the molecule is CCC/C=C(/C(=C\N=C(C)Nc1ccc(N2CCN(C)CC2)cc1CC)C(F)(F)F)N1CC2(CCCNC2=O)C1. The van der Waals surface area contributed by atoms with E-state index in [1.807, 2.05) is 13.0 Å². The lowest BCUT2D eigenvalue weighted by molar-refractivity contribution is -0.144. The minimum atomic E-state index is -4.58. The number of anilines is 2. The zero-order valence-corrected chi connectivity index (χ0v) is 24.2. The average Bonchev–Trinajstić information content (AvgIpc) is 2.90. The summed E-state index contributed by atoms with van der Waals surface area (Å²) < 4.78 is 43.1. The van der Waals surface area contributed by atoms with E-state index in [2.05, 4.69) is 51.5 Å². The molecule has 1 aromatic rings. The van der Waals surface area contributed by atoms with E-state index in [9.17, 15) is 18.0 Å². The van der Waals surface area contributed by atoms with Crippen LogP contribution in [0.4, 0.5) is 24.5 Å². The molecule has 40 heavy (non-hydrogen) atoms. The smallest absolute Gasteiger partial charge is 0.369 e. The second-order valence-corrected chi connectivity index (χ2v) is 11.2.